The van der Waals surface area contributed by atoms with Crippen LogP contribution in [0.4, 0.5) is 27.4 Å². The SMILES string of the molecule is CC(=O)c1cccc(Nc2cc(Nc3ccc(F)c(Cl)c3)nc(C)n2)c1. The number of rotatable bonds is 5. The largest absolute Gasteiger partial charge is 0.340 e. The number of ketones is 1. The van der Waals surface area contributed by atoms with Crippen LogP contribution in [0.1, 0.15) is 23.1 Å². The molecule has 3 rings (SSSR count). The predicted octanol–water partition coefficient (Wildman–Crippen LogP) is 5.27. The maximum atomic E-state index is 13.3. The molecule has 0 spiro atoms. The van der Waals surface area contributed by atoms with Crippen molar-refractivity contribution in [2.75, 3.05) is 10.6 Å². The van der Waals surface area contributed by atoms with Crippen LogP contribution in [0.5, 0.6) is 0 Å². The van der Waals surface area contributed by atoms with Crippen LogP contribution in [0.15, 0.2) is 48.5 Å². The second kappa shape index (κ2) is 7.49. The van der Waals surface area contributed by atoms with Crippen molar-refractivity contribution in [2.24, 2.45) is 0 Å². The van der Waals surface area contributed by atoms with E-state index in [2.05, 4.69) is 20.6 Å². The van der Waals surface area contributed by atoms with Gasteiger partial charge in [-0.25, -0.2) is 14.4 Å². The Labute approximate surface area is 155 Å². The molecule has 1 aromatic heterocycles. The van der Waals surface area contributed by atoms with E-state index in [0.717, 1.165) is 5.69 Å². The molecule has 0 amide bonds. The van der Waals surface area contributed by atoms with E-state index in [0.29, 0.717) is 28.7 Å². The number of aromatic nitrogens is 2. The number of nitrogens with one attached hydrogen (secondary N) is 2. The van der Waals surface area contributed by atoms with Crippen LogP contribution >= 0.6 is 11.6 Å². The summed E-state index contributed by atoms with van der Waals surface area (Å²) in [5, 5.41) is 6.26. The Hall–Kier alpha value is -2.99. The first-order valence-corrected chi connectivity index (χ1v) is 8.24. The molecule has 0 saturated heterocycles. The molecule has 0 bridgehead atoms. The molecule has 0 aliphatic rings. The average molecular weight is 371 g/mol. The Morgan fingerprint density at radius 3 is 2.27 bits per heavy atom. The van der Waals surface area contributed by atoms with Gasteiger partial charge in [0.25, 0.3) is 0 Å². The molecule has 132 valence electrons. The van der Waals surface area contributed by atoms with Crippen LogP contribution in [0.25, 0.3) is 0 Å². The summed E-state index contributed by atoms with van der Waals surface area (Å²) in [6, 6.07) is 13.2. The third kappa shape index (κ3) is 4.34. The van der Waals surface area contributed by atoms with Crippen molar-refractivity contribution >= 4 is 40.4 Å². The van der Waals surface area contributed by atoms with Gasteiger partial charge in [-0.1, -0.05) is 23.7 Å². The van der Waals surface area contributed by atoms with Gasteiger partial charge in [0.1, 0.15) is 23.3 Å². The summed E-state index contributed by atoms with van der Waals surface area (Å²) in [6.45, 7) is 3.28. The van der Waals surface area contributed by atoms with Crippen molar-refractivity contribution in [3.8, 4) is 0 Å². The number of benzene rings is 2. The van der Waals surface area contributed by atoms with Crippen LogP contribution in [0.2, 0.25) is 5.02 Å². The summed E-state index contributed by atoms with van der Waals surface area (Å²) in [5.74, 6) is 1.15. The second-order valence-electron chi connectivity index (χ2n) is 5.70. The number of hydrogen-bond donors (Lipinski definition) is 2. The number of nitrogens with zero attached hydrogens (tertiary/aromatic N) is 2. The topological polar surface area (TPSA) is 66.9 Å². The average Bonchev–Trinajstić information content (AvgIpc) is 2.58. The molecule has 2 aromatic carbocycles. The fourth-order valence-electron chi connectivity index (χ4n) is 2.38. The fourth-order valence-corrected chi connectivity index (χ4v) is 2.56. The van der Waals surface area contributed by atoms with Gasteiger partial charge in [-0.3, -0.25) is 4.79 Å². The van der Waals surface area contributed by atoms with Crippen LogP contribution < -0.4 is 10.6 Å². The third-order valence-electron chi connectivity index (χ3n) is 3.57. The lowest BCUT2D eigenvalue weighted by molar-refractivity contribution is 0.101. The van der Waals surface area contributed by atoms with Crippen LogP contribution in [0.3, 0.4) is 0 Å². The molecule has 0 aliphatic carbocycles. The molecule has 0 atom stereocenters. The molecule has 0 radical (unpaired) electrons. The molecule has 0 aliphatic heterocycles. The molecule has 7 heteroatoms. The first-order valence-electron chi connectivity index (χ1n) is 7.86. The highest BCUT2D eigenvalue weighted by Gasteiger charge is 2.06. The summed E-state index contributed by atoms with van der Waals surface area (Å²) in [7, 11) is 0. The van der Waals surface area contributed by atoms with E-state index in [9.17, 15) is 9.18 Å². The quantitative estimate of drug-likeness (QED) is 0.599. The number of halogens is 2. The summed E-state index contributed by atoms with van der Waals surface area (Å²) in [6.07, 6.45) is 0. The molecular formula is C19H16ClFN4O. The molecule has 5 nitrogen and oxygen atoms in total. The standard InChI is InChI=1S/C19H16ClFN4O/c1-11(26)13-4-3-5-14(8-13)24-18-10-19(23-12(2)22-18)25-15-6-7-17(21)16(20)9-15/h3-10H,1-2H3,(H2,22,23,24,25). The maximum absolute atomic E-state index is 13.3. The number of Topliss-reactive ketones (excluding diaryl/α,β-unsaturated/α-hetero) is 1. The zero-order chi connectivity index (χ0) is 18.7. The lowest BCUT2D eigenvalue weighted by atomic mass is 10.1. The zero-order valence-corrected chi connectivity index (χ0v) is 14.9. The van der Waals surface area contributed by atoms with Gasteiger partial charge in [-0.15, -0.1) is 0 Å². The molecule has 0 saturated carbocycles. The van der Waals surface area contributed by atoms with E-state index in [1.165, 1.54) is 19.1 Å². The Kier molecular flexibility index (Phi) is 5.14. The van der Waals surface area contributed by atoms with Gasteiger partial charge < -0.3 is 10.6 Å². The Morgan fingerprint density at radius 1 is 1.00 bits per heavy atom. The van der Waals surface area contributed by atoms with Crippen molar-refractivity contribution in [1.29, 1.82) is 0 Å². The number of aryl methyl sites for hydroxylation is 1. The molecular weight excluding hydrogens is 355 g/mol. The number of anilines is 4. The van der Waals surface area contributed by atoms with Crippen molar-refractivity contribution in [2.45, 2.75) is 13.8 Å². The van der Waals surface area contributed by atoms with Crippen molar-refractivity contribution < 1.29 is 9.18 Å². The Bertz CT molecular complexity index is 978. The van der Waals surface area contributed by atoms with Crippen molar-refractivity contribution in [3.63, 3.8) is 0 Å². The molecule has 0 fully saturated rings. The van der Waals surface area contributed by atoms with E-state index in [1.54, 1.807) is 37.3 Å². The van der Waals surface area contributed by atoms with Gasteiger partial charge >= 0.3 is 0 Å². The molecule has 2 N–H and O–H groups in total. The van der Waals surface area contributed by atoms with Gasteiger partial charge in [-0.2, -0.15) is 0 Å². The highest BCUT2D eigenvalue weighted by Crippen LogP contribution is 2.24. The predicted molar refractivity (Wildman–Crippen MR) is 101 cm³/mol. The van der Waals surface area contributed by atoms with E-state index in [4.69, 9.17) is 11.6 Å². The van der Waals surface area contributed by atoms with Gasteiger partial charge in [0.05, 0.1) is 5.02 Å². The van der Waals surface area contributed by atoms with Crippen molar-refractivity contribution in [3.05, 3.63) is 70.8 Å². The molecule has 0 unspecified atom stereocenters. The molecule has 1 heterocycles. The summed E-state index contributed by atoms with van der Waals surface area (Å²) in [4.78, 5) is 20.2. The van der Waals surface area contributed by atoms with E-state index in [-0.39, 0.29) is 10.8 Å². The number of carbonyl (C=O) groups is 1. The molecule has 3 aromatic rings. The summed E-state index contributed by atoms with van der Waals surface area (Å²) in [5.41, 5.74) is 1.96. The summed E-state index contributed by atoms with van der Waals surface area (Å²) < 4.78 is 13.3. The van der Waals surface area contributed by atoms with E-state index < -0.39 is 5.82 Å². The van der Waals surface area contributed by atoms with Gasteiger partial charge in [0, 0.05) is 23.0 Å². The van der Waals surface area contributed by atoms with Gasteiger partial charge in [0.2, 0.25) is 0 Å². The van der Waals surface area contributed by atoms with E-state index >= 15 is 0 Å². The lowest BCUT2D eigenvalue weighted by Crippen LogP contribution is -2.02. The Morgan fingerprint density at radius 2 is 1.65 bits per heavy atom. The second-order valence-corrected chi connectivity index (χ2v) is 6.11. The zero-order valence-electron chi connectivity index (χ0n) is 14.2. The maximum Gasteiger partial charge on any atom is 0.159 e. The highest BCUT2D eigenvalue weighted by molar-refractivity contribution is 6.31. The normalized spacial score (nSPS) is 10.5. The first-order chi connectivity index (χ1) is 12.4. The lowest BCUT2D eigenvalue weighted by Gasteiger charge is -2.11. The van der Waals surface area contributed by atoms with Crippen LogP contribution in [0, 0.1) is 12.7 Å². The number of carbonyl (C=O) groups excluding carboxylic acids is 1. The third-order valence-corrected chi connectivity index (χ3v) is 3.86. The van der Waals surface area contributed by atoms with Crippen molar-refractivity contribution in [1.82, 2.24) is 9.97 Å². The minimum atomic E-state index is -0.483. The monoisotopic (exact) mass is 370 g/mol. The van der Waals surface area contributed by atoms with Crippen LogP contribution in [-0.4, -0.2) is 15.8 Å². The van der Waals surface area contributed by atoms with Gasteiger partial charge in [-0.05, 0) is 44.2 Å². The fraction of sp³-hybridized carbons (Fsp3) is 0.105. The van der Waals surface area contributed by atoms with E-state index in [1.807, 2.05) is 6.07 Å². The molecule has 26 heavy (non-hydrogen) atoms. The first kappa shape index (κ1) is 17.8. The highest BCUT2D eigenvalue weighted by atomic mass is 35.5. The minimum Gasteiger partial charge on any atom is -0.340 e. The van der Waals surface area contributed by atoms with Gasteiger partial charge in [0.15, 0.2) is 5.78 Å². The van der Waals surface area contributed by atoms with Crippen LogP contribution in [-0.2, 0) is 0 Å². The Balaban J connectivity index is 1.84. The minimum absolute atomic E-state index is 0.0111. The summed E-state index contributed by atoms with van der Waals surface area (Å²) >= 11 is 5.80. The smallest absolute Gasteiger partial charge is 0.159 e. The number of hydrogen-bond acceptors (Lipinski definition) is 5.